The molecule has 0 spiro atoms. The lowest BCUT2D eigenvalue weighted by Crippen LogP contribution is -2.45. The van der Waals surface area contributed by atoms with E-state index in [1.54, 1.807) is 0 Å². The Morgan fingerprint density at radius 3 is 2.00 bits per heavy atom. The number of nitrogens with zero attached hydrogens (tertiary/aromatic N) is 1. The van der Waals surface area contributed by atoms with Gasteiger partial charge in [-0.15, -0.1) is 0 Å². The van der Waals surface area contributed by atoms with E-state index in [0.717, 1.165) is 54.0 Å². The maximum absolute atomic E-state index is 12.4. The molecule has 0 saturated carbocycles. The highest BCUT2D eigenvalue weighted by molar-refractivity contribution is 9.10. The molecule has 1 aliphatic rings. The molecule has 1 N–H and O–H groups in total. The Balaban J connectivity index is 1.84. The minimum absolute atomic E-state index is 0.120. The van der Waals surface area contributed by atoms with Crippen molar-refractivity contribution in [2.45, 2.75) is 11.5 Å². The molecule has 0 aromatic heterocycles. The second-order valence-electron chi connectivity index (χ2n) is 7.52. The van der Waals surface area contributed by atoms with Gasteiger partial charge in [0, 0.05) is 30.0 Å². The molecule has 1 fully saturated rings. The maximum Gasteiger partial charge on any atom is 0.123 e. The normalized spacial score (nSPS) is 18.1. The zero-order valence-electron chi connectivity index (χ0n) is 16.4. The molecule has 2 atom stereocenters. The van der Waals surface area contributed by atoms with Crippen molar-refractivity contribution in [1.29, 1.82) is 0 Å². The smallest absolute Gasteiger partial charge is 0.123 e. The number of rotatable bonds is 6. The van der Waals surface area contributed by atoms with Crippen molar-refractivity contribution in [2.24, 2.45) is 0 Å². The summed E-state index contributed by atoms with van der Waals surface area (Å²) in [6.45, 7) is 4.00. The van der Waals surface area contributed by atoms with Crippen LogP contribution in [0.1, 0.15) is 22.6 Å². The van der Waals surface area contributed by atoms with Crippen molar-refractivity contribution < 1.29 is 9.84 Å². The van der Waals surface area contributed by atoms with Crippen LogP contribution >= 0.6 is 15.9 Å². The van der Waals surface area contributed by atoms with E-state index in [0.29, 0.717) is 0 Å². The van der Waals surface area contributed by atoms with Crippen LogP contribution in [0.3, 0.4) is 0 Å². The second kappa shape index (κ2) is 9.23. The summed E-state index contributed by atoms with van der Waals surface area (Å²) in [5, 5.41) is 12.4. The Bertz CT molecular complexity index is 895. The molecule has 29 heavy (non-hydrogen) atoms. The largest absolute Gasteiger partial charge is 0.380 e. The number of hydrogen-bond acceptors (Lipinski definition) is 3. The molecule has 3 aromatic carbocycles. The highest BCUT2D eigenvalue weighted by Crippen LogP contribution is 2.43. The zero-order chi connectivity index (χ0) is 20.1. The Morgan fingerprint density at radius 1 is 0.828 bits per heavy atom. The molecule has 4 rings (SSSR count). The summed E-state index contributed by atoms with van der Waals surface area (Å²) < 4.78 is 6.55. The van der Waals surface area contributed by atoms with Crippen LogP contribution in [0, 0.1) is 0 Å². The van der Waals surface area contributed by atoms with Gasteiger partial charge in [-0.25, -0.2) is 0 Å². The number of hydrogen-bond donors (Lipinski definition) is 1. The number of aliphatic hydroxyl groups is 1. The first-order valence-electron chi connectivity index (χ1n) is 10.1. The Hall–Kier alpha value is -1.98. The molecular weight excluding hydrogens is 426 g/mol. The van der Waals surface area contributed by atoms with Gasteiger partial charge in [-0.1, -0.05) is 88.7 Å². The van der Waals surface area contributed by atoms with Gasteiger partial charge in [0.1, 0.15) is 5.60 Å². The highest BCUT2D eigenvalue weighted by Gasteiger charge is 2.42. The van der Waals surface area contributed by atoms with Gasteiger partial charge in [0.05, 0.1) is 13.2 Å². The van der Waals surface area contributed by atoms with E-state index in [1.165, 1.54) is 0 Å². The molecule has 0 amide bonds. The monoisotopic (exact) mass is 451 g/mol. The Labute approximate surface area is 181 Å². The van der Waals surface area contributed by atoms with Crippen LogP contribution in [0.4, 0.5) is 0 Å². The van der Waals surface area contributed by atoms with Crippen LogP contribution in [0.15, 0.2) is 89.4 Å². The standard InChI is InChI=1S/C25H26BrNO2/c26-23-13-11-22(12-14-23)25(28,21-9-5-2-6-10-21)24(20-7-3-1-4-8-20)19-27-15-17-29-18-16-27/h1-14,24,28H,15-19H2/t24-,25+/m0/s1. The predicted molar refractivity (Wildman–Crippen MR) is 120 cm³/mol. The molecule has 150 valence electrons. The van der Waals surface area contributed by atoms with Crippen molar-refractivity contribution in [3.8, 4) is 0 Å². The van der Waals surface area contributed by atoms with Crippen molar-refractivity contribution >= 4 is 15.9 Å². The van der Waals surface area contributed by atoms with E-state index < -0.39 is 5.60 Å². The summed E-state index contributed by atoms with van der Waals surface area (Å²) in [5.74, 6) is -0.120. The van der Waals surface area contributed by atoms with Crippen molar-refractivity contribution in [3.05, 3.63) is 106 Å². The van der Waals surface area contributed by atoms with Gasteiger partial charge < -0.3 is 9.84 Å². The van der Waals surface area contributed by atoms with Crippen LogP contribution in [0.25, 0.3) is 0 Å². The molecule has 0 radical (unpaired) electrons. The highest BCUT2D eigenvalue weighted by atomic mass is 79.9. The van der Waals surface area contributed by atoms with Gasteiger partial charge in [-0.05, 0) is 28.8 Å². The fraction of sp³-hybridized carbons (Fsp3) is 0.280. The van der Waals surface area contributed by atoms with Crippen LogP contribution in [0.5, 0.6) is 0 Å². The van der Waals surface area contributed by atoms with E-state index in [4.69, 9.17) is 4.74 Å². The first-order valence-corrected chi connectivity index (χ1v) is 10.9. The van der Waals surface area contributed by atoms with Crippen LogP contribution in [0.2, 0.25) is 0 Å². The van der Waals surface area contributed by atoms with Gasteiger partial charge >= 0.3 is 0 Å². The molecule has 0 aliphatic carbocycles. The van der Waals surface area contributed by atoms with Gasteiger partial charge in [-0.3, -0.25) is 4.90 Å². The van der Waals surface area contributed by atoms with Gasteiger partial charge in [0.2, 0.25) is 0 Å². The maximum atomic E-state index is 12.4. The molecule has 1 saturated heterocycles. The van der Waals surface area contributed by atoms with E-state index in [-0.39, 0.29) is 5.92 Å². The average Bonchev–Trinajstić information content (AvgIpc) is 2.79. The first kappa shape index (κ1) is 20.3. The third-order valence-corrected chi connectivity index (χ3v) is 6.28. The molecule has 1 aliphatic heterocycles. The Morgan fingerprint density at radius 2 is 1.38 bits per heavy atom. The molecule has 0 bridgehead atoms. The fourth-order valence-electron chi connectivity index (χ4n) is 4.17. The number of morpholine rings is 1. The summed E-state index contributed by atoms with van der Waals surface area (Å²) in [6.07, 6.45) is 0. The molecule has 4 heteroatoms. The summed E-state index contributed by atoms with van der Waals surface area (Å²) in [4.78, 5) is 2.40. The summed E-state index contributed by atoms with van der Waals surface area (Å²) in [6, 6.07) is 28.4. The fourth-order valence-corrected chi connectivity index (χ4v) is 4.44. The minimum atomic E-state index is -1.15. The van der Waals surface area contributed by atoms with Crippen LogP contribution in [-0.4, -0.2) is 42.9 Å². The molecule has 3 aromatic rings. The van der Waals surface area contributed by atoms with Crippen molar-refractivity contribution in [1.82, 2.24) is 4.90 Å². The zero-order valence-corrected chi connectivity index (χ0v) is 18.0. The summed E-state index contributed by atoms with van der Waals surface area (Å²) >= 11 is 3.53. The molecule has 1 heterocycles. The predicted octanol–water partition coefficient (Wildman–Crippen LogP) is 4.80. The van der Waals surface area contributed by atoms with E-state index in [2.05, 4.69) is 45.1 Å². The SMILES string of the molecule is O[C@](c1ccccc1)(c1ccc(Br)cc1)[C@@H](CN1CCOCC1)c1ccccc1. The van der Waals surface area contributed by atoms with E-state index >= 15 is 0 Å². The lowest BCUT2D eigenvalue weighted by molar-refractivity contribution is 0.000763. The second-order valence-corrected chi connectivity index (χ2v) is 8.43. The van der Waals surface area contributed by atoms with E-state index in [1.807, 2.05) is 60.7 Å². The summed E-state index contributed by atoms with van der Waals surface area (Å²) in [5.41, 5.74) is 1.79. The summed E-state index contributed by atoms with van der Waals surface area (Å²) in [7, 11) is 0. The quantitative estimate of drug-likeness (QED) is 0.583. The number of benzene rings is 3. The average molecular weight is 452 g/mol. The van der Waals surface area contributed by atoms with Gasteiger partial charge in [-0.2, -0.15) is 0 Å². The molecule has 0 unspecified atom stereocenters. The minimum Gasteiger partial charge on any atom is -0.380 e. The lowest BCUT2D eigenvalue weighted by Gasteiger charge is -2.41. The third-order valence-electron chi connectivity index (χ3n) is 5.75. The topological polar surface area (TPSA) is 32.7 Å². The molecular formula is C25H26BrNO2. The van der Waals surface area contributed by atoms with Crippen molar-refractivity contribution in [2.75, 3.05) is 32.8 Å². The van der Waals surface area contributed by atoms with Crippen molar-refractivity contribution in [3.63, 3.8) is 0 Å². The Kier molecular flexibility index (Phi) is 6.46. The van der Waals surface area contributed by atoms with Gasteiger partial charge in [0.15, 0.2) is 0 Å². The molecule has 3 nitrogen and oxygen atoms in total. The van der Waals surface area contributed by atoms with E-state index in [9.17, 15) is 5.11 Å². The lowest BCUT2D eigenvalue weighted by atomic mass is 9.72. The number of halogens is 1. The van der Waals surface area contributed by atoms with Gasteiger partial charge in [0.25, 0.3) is 0 Å². The first-order chi connectivity index (χ1) is 14.2. The van der Waals surface area contributed by atoms with Crippen LogP contribution < -0.4 is 0 Å². The number of ether oxygens (including phenoxy) is 1. The van der Waals surface area contributed by atoms with Crippen LogP contribution in [-0.2, 0) is 10.3 Å². The third kappa shape index (κ3) is 4.46.